The first-order valence-electron chi connectivity index (χ1n) is 9.27. The Balaban J connectivity index is 1.43. The maximum Gasteiger partial charge on any atom is 0.251 e. The summed E-state index contributed by atoms with van der Waals surface area (Å²) in [6, 6.07) is 4.55. The van der Waals surface area contributed by atoms with E-state index in [0.717, 1.165) is 25.7 Å². The Hall–Kier alpha value is -1.34. The monoisotopic (exact) mass is 414 g/mol. The molecule has 27 heavy (non-hydrogen) atoms. The Bertz CT molecular complexity index is 676. The normalized spacial score (nSPS) is 25.1. The van der Waals surface area contributed by atoms with Crippen LogP contribution in [0.2, 0.25) is 10.0 Å². The number of aliphatic hydroxyl groups is 1. The van der Waals surface area contributed by atoms with Gasteiger partial charge >= 0.3 is 0 Å². The molecule has 1 heterocycles. The van der Waals surface area contributed by atoms with Gasteiger partial charge in [-0.1, -0.05) is 23.2 Å². The lowest BCUT2D eigenvalue weighted by Gasteiger charge is -2.36. The van der Waals surface area contributed by atoms with Gasteiger partial charge in [-0.3, -0.25) is 9.59 Å². The predicted molar refractivity (Wildman–Crippen MR) is 103 cm³/mol. The molecule has 8 heteroatoms. The van der Waals surface area contributed by atoms with Crippen LogP contribution in [0.15, 0.2) is 18.2 Å². The lowest BCUT2D eigenvalue weighted by Crippen LogP contribution is -2.51. The molecule has 6 nitrogen and oxygen atoms in total. The van der Waals surface area contributed by atoms with E-state index in [9.17, 15) is 14.7 Å². The summed E-state index contributed by atoms with van der Waals surface area (Å²) < 4.78 is 5.92. The van der Waals surface area contributed by atoms with Crippen molar-refractivity contribution in [3.05, 3.63) is 33.8 Å². The molecule has 1 aromatic rings. The average Bonchev–Trinajstić information content (AvgIpc) is 3.47. The largest absolute Gasteiger partial charge is 0.394 e. The summed E-state index contributed by atoms with van der Waals surface area (Å²) in [6.07, 6.45) is 3.57. The number of amides is 2. The molecule has 0 bridgehead atoms. The molecule has 0 radical (unpaired) electrons. The zero-order valence-electron chi connectivity index (χ0n) is 14.9. The molecule has 2 fully saturated rings. The van der Waals surface area contributed by atoms with Crippen molar-refractivity contribution < 1.29 is 19.4 Å². The number of hydrogen-bond donors (Lipinski definition) is 3. The molecule has 1 saturated heterocycles. The predicted octanol–water partition coefficient (Wildman–Crippen LogP) is 2.55. The highest BCUT2D eigenvalue weighted by Gasteiger charge is 2.36. The van der Waals surface area contributed by atoms with Gasteiger partial charge in [0.15, 0.2) is 0 Å². The number of benzene rings is 1. The smallest absolute Gasteiger partial charge is 0.251 e. The van der Waals surface area contributed by atoms with Crippen LogP contribution < -0.4 is 10.6 Å². The summed E-state index contributed by atoms with van der Waals surface area (Å²) in [6.45, 7) is 0.296. The van der Waals surface area contributed by atoms with Gasteiger partial charge in [-0.15, -0.1) is 0 Å². The van der Waals surface area contributed by atoms with Crippen LogP contribution in [-0.4, -0.2) is 48.3 Å². The van der Waals surface area contributed by atoms with Crippen molar-refractivity contribution in [2.75, 3.05) is 13.2 Å². The lowest BCUT2D eigenvalue weighted by molar-refractivity contribution is -0.129. The van der Waals surface area contributed by atoms with Gasteiger partial charge in [-0.05, 0) is 50.3 Å². The van der Waals surface area contributed by atoms with Crippen LogP contribution >= 0.6 is 23.2 Å². The molecule has 2 amide bonds. The van der Waals surface area contributed by atoms with Gasteiger partial charge in [-0.25, -0.2) is 0 Å². The highest BCUT2D eigenvalue weighted by atomic mass is 35.5. The van der Waals surface area contributed by atoms with Gasteiger partial charge in [0.05, 0.1) is 18.8 Å². The van der Waals surface area contributed by atoms with Crippen LogP contribution in [0.4, 0.5) is 0 Å². The third kappa shape index (κ3) is 5.82. The number of halogens is 2. The fourth-order valence-electron chi connectivity index (χ4n) is 3.29. The van der Waals surface area contributed by atoms with Crippen molar-refractivity contribution >= 4 is 35.0 Å². The maximum absolute atomic E-state index is 12.2. The summed E-state index contributed by atoms with van der Waals surface area (Å²) in [5.41, 5.74) is 0.410. The van der Waals surface area contributed by atoms with Crippen LogP contribution in [-0.2, 0) is 9.53 Å². The molecule has 3 N–H and O–H groups in total. The van der Waals surface area contributed by atoms with E-state index in [1.807, 2.05) is 0 Å². The summed E-state index contributed by atoms with van der Waals surface area (Å²) in [5, 5.41) is 16.2. The van der Waals surface area contributed by atoms with E-state index in [2.05, 4.69) is 10.6 Å². The Labute approximate surface area is 168 Å². The average molecular weight is 415 g/mol. The summed E-state index contributed by atoms with van der Waals surface area (Å²) in [4.78, 5) is 24.1. The second-order valence-corrected chi connectivity index (χ2v) is 8.02. The summed E-state index contributed by atoms with van der Waals surface area (Å²) >= 11 is 11.8. The first-order chi connectivity index (χ1) is 13.0. The molecule has 1 aliphatic heterocycles. The van der Waals surface area contributed by atoms with E-state index in [-0.39, 0.29) is 36.5 Å². The van der Waals surface area contributed by atoms with E-state index >= 15 is 0 Å². The van der Waals surface area contributed by atoms with Crippen LogP contribution in [0.1, 0.15) is 42.5 Å². The molecule has 148 valence electrons. The number of rotatable bonds is 7. The molecular formula is C19H24Cl2N2O4. The number of nitrogens with one attached hydrogen (secondary N) is 2. The first kappa shape index (κ1) is 20.4. The van der Waals surface area contributed by atoms with E-state index in [1.54, 1.807) is 18.2 Å². The van der Waals surface area contributed by atoms with Crippen LogP contribution in [0.3, 0.4) is 0 Å². The second kappa shape index (κ2) is 9.24. The molecule has 0 aromatic heterocycles. The standard InChI is InChI=1S/C19H24Cl2N2O4/c20-13-7-12(8-14(21)9-13)18(25)22-6-5-15-3-4-16(17(10-24)27-15)23-19(26)11-1-2-11/h7-9,11,15-17,24H,1-6,10H2,(H,22,25)(H,23,26)/t15-,16+,17+/m0/s1. The number of hydrogen-bond acceptors (Lipinski definition) is 4. The van der Waals surface area contributed by atoms with Crippen molar-refractivity contribution in [2.24, 2.45) is 5.92 Å². The van der Waals surface area contributed by atoms with E-state index in [1.165, 1.54) is 0 Å². The van der Waals surface area contributed by atoms with Gasteiger partial charge in [0.2, 0.25) is 5.91 Å². The van der Waals surface area contributed by atoms with Crippen molar-refractivity contribution in [1.82, 2.24) is 10.6 Å². The first-order valence-corrected chi connectivity index (χ1v) is 10.0. The highest BCUT2D eigenvalue weighted by Crippen LogP contribution is 2.30. The maximum atomic E-state index is 12.2. The Morgan fingerprint density at radius 1 is 1.11 bits per heavy atom. The molecule has 0 spiro atoms. The van der Waals surface area contributed by atoms with Crippen LogP contribution in [0.25, 0.3) is 0 Å². The second-order valence-electron chi connectivity index (χ2n) is 7.15. The quantitative estimate of drug-likeness (QED) is 0.639. The van der Waals surface area contributed by atoms with Crippen molar-refractivity contribution in [3.63, 3.8) is 0 Å². The minimum Gasteiger partial charge on any atom is -0.394 e. The Morgan fingerprint density at radius 3 is 2.44 bits per heavy atom. The van der Waals surface area contributed by atoms with Crippen LogP contribution in [0.5, 0.6) is 0 Å². The minimum absolute atomic E-state index is 0.0629. The fraction of sp³-hybridized carbons (Fsp3) is 0.579. The van der Waals surface area contributed by atoms with Gasteiger partial charge in [0.25, 0.3) is 5.91 Å². The molecule has 1 aliphatic carbocycles. The molecule has 0 unspecified atom stereocenters. The third-order valence-electron chi connectivity index (χ3n) is 4.95. The van der Waals surface area contributed by atoms with Gasteiger partial charge in [0, 0.05) is 28.1 Å². The molecule has 1 aromatic carbocycles. The Morgan fingerprint density at radius 2 is 1.81 bits per heavy atom. The molecule has 3 atom stereocenters. The lowest BCUT2D eigenvalue weighted by atomic mass is 9.97. The van der Waals surface area contributed by atoms with Crippen molar-refractivity contribution in [2.45, 2.75) is 50.4 Å². The molecule has 1 saturated carbocycles. The molecular weight excluding hydrogens is 391 g/mol. The number of aliphatic hydroxyl groups excluding tert-OH is 1. The van der Waals surface area contributed by atoms with E-state index in [4.69, 9.17) is 27.9 Å². The van der Waals surface area contributed by atoms with Gasteiger partial charge in [-0.2, -0.15) is 0 Å². The zero-order valence-corrected chi connectivity index (χ0v) is 16.4. The van der Waals surface area contributed by atoms with Crippen LogP contribution in [0, 0.1) is 5.92 Å². The third-order valence-corrected chi connectivity index (χ3v) is 5.38. The zero-order chi connectivity index (χ0) is 19.4. The number of ether oxygens (including phenoxy) is 1. The number of carbonyl (C=O) groups is 2. The summed E-state index contributed by atoms with van der Waals surface area (Å²) in [5.74, 6) is -0.0475. The molecule has 2 aliphatic rings. The molecule has 3 rings (SSSR count). The van der Waals surface area contributed by atoms with Crippen molar-refractivity contribution in [1.29, 1.82) is 0 Å². The summed E-state index contributed by atoms with van der Waals surface area (Å²) in [7, 11) is 0. The fourth-order valence-corrected chi connectivity index (χ4v) is 3.82. The van der Waals surface area contributed by atoms with Crippen molar-refractivity contribution in [3.8, 4) is 0 Å². The van der Waals surface area contributed by atoms with Gasteiger partial charge < -0.3 is 20.5 Å². The SMILES string of the molecule is O=C(NCC[C@@H]1CC[C@@H](NC(=O)C2CC2)[C@@H](CO)O1)c1cc(Cl)cc(Cl)c1. The Kier molecular flexibility index (Phi) is 6.98. The highest BCUT2D eigenvalue weighted by molar-refractivity contribution is 6.35. The number of carbonyl (C=O) groups excluding carboxylic acids is 2. The minimum atomic E-state index is -0.408. The van der Waals surface area contributed by atoms with Gasteiger partial charge in [0.1, 0.15) is 6.10 Å². The van der Waals surface area contributed by atoms with E-state index in [0.29, 0.717) is 28.6 Å². The van der Waals surface area contributed by atoms with E-state index < -0.39 is 6.10 Å². The topological polar surface area (TPSA) is 87.7 Å².